The van der Waals surface area contributed by atoms with Gasteiger partial charge in [0.05, 0.1) is 13.2 Å². The summed E-state index contributed by atoms with van der Waals surface area (Å²) in [6.07, 6.45) is 2.10. The Morgan fingerprint density at radius 1 is 1.50 bits per heavy atom. The van der Waals surface area contributed by atoms with Gasteiger partial charge in [0.2, 0.25) is 0 Å². The van der Waals surface area contributed by atoms with Crippen LogP contribution in [0.4, 0.5) is 0 Å². The maximum Gasteiger partial charge on any atom is 0.0603 e. The van der Waals surface area contributed by atoms with Crippen molar-refractivity contribution < 1.29 is 4.74 Å². The number of nitrogens with one attached hydrogen (secondary N) is 1. The van der Waals surface area contributed by atoms with Gasteiger partial charge in [0.1, 0.15) is 0 Å². The molecule has 1 saturated heterocycles. The van der Waals surface area contributed by atoms with Crippen LogP contribution < -0.4 is 0 Å². The van der Waals surface area contributed by atoms with E-state index in [4.69, 9.17) is 10.1 Å². The average Bonchev–Trinajstić information content (AvgIpc) is 2.05. The first kappa shape index (κ1) is 8.04. The molecule has 1 aliphatic rings. The molecule has 3 nitrogen and oxygen atoms in total. The molecule has 0 aromatic heterocycles. The number of nitrogens with zero attached hydrogens (tertiary/aromatic N) is 1. The summed E-state index contributed by atoms with van der Waals surface area (Å²) in [4.78, 5) is 0. The Balaban J connectivity index is 2.30. The molecule has 0 aromatic rings. The summed E-state index contributed by atoms with van der Waals surface area (Å²) in [5.74, 6) is 0. The topological polar surface area (TPSA) is 36.3 Å². The fourth-order valence-electron chi connectivity index (χ4n) is 0.951. The predicted octanol–water partition coefficient (Wildman–Crippen LogP) is 0.472. The van der Waals surface area contributed by atoms with Crippen LogP contribution >= 0.6 is 11.1 Å². The normalized spacial score (nSPS) is 25.9. The molecule has 10 heavy (non-hydrogen) atoms. The molecule has 0 radical (unpaired) electrons. The Hall–Kier alpha value is -0.0600. The van der Waals surface area contributed by atoms with E-state index in [1.54, 1.807) is 5.55 Å². The van der Waals surface area contributed by atoms with Crippen LogP contribution in [-0.4, -0.2) is 42.4 Å². The molecule has 0 spiro atoms. The third kappa shape index (κ3) is 1.97. The van der Waals surface area contributed by atoms with Crippen LogP contribution in [0.1, 0.15) is 0 Å². The molecular formula is C6H14N2OS. The van der Waals surface area contributed by atoms with Gasteiger partial charge in [-0.2, -0.15) is 11.1 Å². The summed E-state index contributed by atoms with van der Waals surface area (Å²) >= 11 is -0.302. The number of hydrogen-bond acceptors (Lipinski definition) is 3. The second-order valence-electron chi connectivity index (χ2n) is 2.27. The van der Waals surface area contributed by atoms with Crippen LogP contribution in [-0.2, 0) is 4.74 Å². The second-order valence-corrected chi connectivity index (χ2v) is 4.24. The lowest BCUT2D eigenvalue weighted by Crippen LogP contribution is -2.33. The van der Waals surface area contributed by atoms with Crippen LogP contribution in [0.25, 0.3) is 0 Å². The molecule has 0 aromatic carbocycles. The minimum atomic E-state index is -0.302. The van der Waals surface area contributed by atoms with Crippen molar-refractivity contribution in [3.05, 3.63) is 0 Å². The van der Waals surface area contributed by atoms with E-state index in [2.05, 4.69) is 10.6 Å². The number of rotatable bonds is 2. The third-order valence-electron chi connectivity index (χ3n) is 1.62. The first-order valence-electron chi connectivity index (χ1n) is 3.40. The number of ether oxygens (including phenoxy) is 1. The van der Waals surface area contributed by atoms with E-state index in [9.17, 15) is 0 Å². The van der Waals surface area contributed by atoms with Crippen LogP contribution in [0.2, 0.25) is 0 Å². The van der Waals surface area contributed by atoms with Crippen molar-refractivity contribution in [3.8, 4) is 0 Å². The van der Waals surface area contributed by atoms with E-state index in [0.717, 1.165) is 26.3 Å². The lowest BCUT2D eigenvalue weighted by Gasteiger charge is -2.31. The molecule has 0 saturated carbocycles. The molecule has 0 amide bonds. The molecular weight excluding hydrogens is 148 g/mol. The Labute approximate surface area is 64.3 Å². The fraction of sp³-hybridized carbons (Fsp3) is 0.833. The predicted molar refractivity (Wildman–Crippen MR) is 46.1 cm³/mol. The maximum atomic E-state index is 7.07. The van der Waals surface area contributed by atoms with E-state index in [-0.39, 0.29) is 11.1 Å². The van der Waals surface area contributed by atoms with E-state index in [1.165, 1.54) is 0 Å². The fourth-order valence-corrected chi connectivity index (χ4v) is 1.91. The Morgan fingerprint density at radius 3 is 2.60 bits per heavy atom. The zero-order valence-electron chi connectivity index (χ0n) is 6.21. The van der Waals surface area contributed by atoms with E-state index in [0.29, 0.717) is 0 Å². The Kier molecular flexibility index (Phi) is 3.18. The van der Waals surface area contributed by atoms with Crippen molar-refractivity contribution in [1.29, 1.82) is 5.41 Å². The lowest BCUT2D eigenvalue weighted by atomic mass is 10.5. The van der Waals surface area contributed by atoms with Gasteiger partial charge in [0, 0.05) is 18.6 Å². The van der Waals surface area contributed by atoms with Crippen molar-refractivity contribution in [3.63, 3.8) is 0 Å². The summed E-state index contributed by atoms with van der Waals surface area (Å²) in [6.45, 7) is 3.66. The van der Waals surface area contributed by atoms with Crippen LogP contribution in [0, 0.1) is 5.41 Å². The summed E-state index contributed by atoms with van der Waals surface area (Å²) in [6, 6.07) is 0. The Morgan fingerprint density at radius 2 is 2.10 bits per heavy atom. The van der Waals surface area contributed by atoms with Gasteiger partial charge in [-0.05, 0) is 6.26 Å². The largest absolute Gasteiger partial charge is 0.379 e. The quantitative estimate of drug-likeness (QED) is 0.352. The molecule has 1 fully saturated rings. The molecule has 1 rings (SSSR count). The van der Waals surface area contributed by atoms with Gasteiger partial charge in [-0.1, -0.05) is 0 Å². The van der Waals surface area contributed by atoms with E-state index in [1.807, 2.05) is 0 Å². The minimum Gasteiger partial charge on any atom is -0.379 e. The summed E-state index contributed by atoms with van der Waals surface area (Å²) in [5.41, 5.74) is 1.54. The molecule has 4 heteroatoms. The highest BCUT2D eigenvalue weighted by molar-refractivity contribution is 8.25. The van der Waals surface area contributed by atoms with Gasteiger partial charge >= 0.3 is 0 Å². The van der Waals surface area contributed by atoms with Gasteiger partial charge < -0.3 is 10.1 Å². The third-order valence-corrected chi connectivity index (χ3v) is 3.29. The molecule has 0 bridgehead atoms. The number of thiol groups is 1. The van der Waals surface area contributed by atoms with E-state index < -0.39 is 0 Å². The number of hydrogen-bond donors (Lipinski definition) is 2. The molecule has 1 N–H and O–H groups in total. The molecule has 1 heterocycles. The second kappa shape index (κ2) is 3.95. The van der Waals surface area contributed by atoms with Gasteiger partial charge in [-0.15, -0.1) is 0 Å². The zero-order valence-corrected chi connectivity index (χ0v) is 7.10. The van der Waals surface area contributed by atoms with Crippen molar-refractivity contribution >= 4 is 16.6 Å². The van der Waals surface area contributed by atoms with Crippen LogP contribution in [0.15, 0.2) is 0 Å². The van der Waals surface area contributed by atoms with Gasteiger partial charge in [0.15, 0.2) is 0 Å². The molecule has 0 aliphatic carbocycles. The highest BCUT2D eigenvalue weighted by atomic mass is 32.2. The average molecular weight is 162 g/mol. The Bertz CT molecular complexity index is 114. The highest BCUT2D eigenvalue weighted by Crippen LogP contribution is 2.22. The molecule has 1 atom stereocenters. The van der Waals surface area contributed by atoms with Crippen molar-refractivity contribution in [2.45, 2.75) is 0 Å². The smallest absolute Gasteiger partial charge is 0.0603 e. The lowest BCUT2D eigenvalue weighted by molar-refractivity contribution is 0.0771. The maximum absolute atomic E-state index is 7.07. The first-order chi connectivity index (χ1) is 4.84. The molecule has 1 unspecified atom stereocenters. The summed E-state index contributed by atoms with van der Waals surface area (Å²) in [5, 5.41) is 7.07. The van der Waals surface area contributed by atoms with Gasteiger partial charge in [-0.25, -0.2) is 0 Å². The zero-order chi connectivity index (χ0) is 7.40. The molecule has 1 aliphatic heterocycles. The van der Waals surface area contributed by atoms with Crippen molar-refractivity contribution in [1.82, 2.24) is 4.31 Å². The van der Waals surface area contributed by atoms with Crippen molar-refractivity contribution in [2.75, 3.05) is 32.6 Å². The van der Waals surface area contributed by atoms with Crippen LogP contribution in [0.5, 0.6) is 0 Å². The van der Waals surface area contributed by atoms with Crippen LogP contribution in [0.3, 0.4) is 0 Å². The highest BCUT2D eigenvalue weighted by Gasteiger charge is 2.11. The van der Waals surface area contributed by atoms with Crippen molar-refractivity contribution in [2.24, 2.45) is 0 Å². The van der Waals surface area contributed by atoms with Gasteiger partial charge in [-0.3, -0.25) is 4.31 Å². The summed E-state index contributed by atoms with van der Waals surface area (Å²) < 4.78 is 7.50. The first-order valence-corrected chi connectivity index (χ1v) is 5.21. The SMILES string of the molecule is C[SH](C=N)N1CCOCC1. The summed E-state index contributed by atoms with van der Waals surface area (Å²) in [7, 11) is 0. The molecule has 60 valence electrons. The standard InChI is InChI=1S/C6H14N2OS/c1-10(6-7)8-2-4-9-5-3-8/h6-7,10H,2-5H2,1H3. The van der Waals surface area contributed by atoms with Gasteiger partial charge in [0.25, 0.3) is 0 Å². The minimum absolute atomic E-state index is 0.302. The van der Waals surface area contributed by atoms with E-state index >= 15 is 0 Å². The monoisotopic (exact) mass is 162 g/mol. The number of morpholine rings is 1.